The van der Waals surface area contributed by atoms with Crippen LogP contribution in [0.2, 0.25) is 0 Å². The number of nitrogen functional groups attached to an aromatic ring is 2. The topological polar surface area (TPSA) is 151 Å². The summed E-state index contributed by atoms with van der Waals surface area (Å²) in [6, 6.07) is 21.1. The molecule has 0 radical (unpaired) electrons. The number of oxazole rings is 1. The Kier molecular flexibility index (Phi) is 5.96. The summed E-state index contributed by atoms with van der Waals surface area (Å²) in [4.78, 5) is 24.8. The quantitative estimate of drug-likeness (QED) is 0.247. The minimum absolute atomic E-state index is 0.0907. The van der Waals surface area contributed by atoms with Gasteiger partial charge in [0.25, 0.3) is 6.01 Å². The Labute approximate surface area is 223 Å². The molecule has 6 aromatic rings. The maximum absolute atomic E-state index is 11.9. The molecular weight excluding hydrogens is 492 g/mol. The number of rotatable bonds is 7. The molecule has 3 aromatic heterocycles. The summed E-state index contributed by atoms with van der Waals surface area (Å²) in [5, 5.41) is 9.00. The maximum Gasteiger partial charge on any atom is 0.292 e. The van der Waals surface area contributed by atoms with Crippen molar-refractivity contribution in [2.75, 3.05) is 16.8 Å². The predicted octanol–water partition coefficient (Wildman–Crippen LogP) is 5.07. The second kappa shape index (κ2) is 9.75. The number of nitrogens with one attached hydrogen (secondary N) is 1. The normalized spacial score (nSPS) is 11.8. The third-order valence-corrected chi connectivity index (χ3v) is 6.44. The second-order valence-electron chi connectivity index (χ2n) is 9.05. The van der Waals surface area contributed by atoms with Crippen LogP contribution in [0.3, 0.4) is 0 Å². The molecule has 0 aliphatic carbocycles. The number of fused-ring (bicyclic) bond motifs is 2. The van der Waals surface area contributed by atoms with Crippen molar-refractivity contribution in [2.24, 2.45) is 0 Å². The van der Waals surface area contributed by atoms with Gasteiger partial charge in [0, 0.05) is 22.5 Å². The number of hydrogen-bond donors (Lipinski definition) is 3. The highest BCUT2D eigenvalue weighted by molar-refractivity contribution is 5.99. The van der Waals surface area contributed by atoms with E-state index in [1.165, 1.54) is 6.33 Å². The van der Waals surface area contributed by atoms with Crippen molar-refractivity contribution in [3.8, 4) is 11.3 Å². The molecule has 0 saturated carbocycles. The zero-order valence-electron chi connectivity index (χ0n) is 21.0. The highest BCUT2D eigenvalue weighted by Crippen LogP contribution is 2.33. The molecule has 0 aliphatic heterocycles. The fourth-order valence-corrected chi connectivity index (χ4v) is 4.60. The number of aromatic nitrogens is 5. The van der Waals surface area contributed by atoms with Crippen molar-refractivity contribution in [2.45, 2.75) is 13.5 Å². The third-order valence-electron chi connectivity index (χ3n) is 6.44. The predicted molar refractivity (Wildman–Crippen MR) is 152 cm³/mol. The van der Waals surface area contributed by atoms with Crippen molar-refractivity contribution in [1.82, 2.24) is 24.7 Å². The van der Waals surface area contributed by atoms with E-state index in [-0.39, 0.29) is 6.01 Å². The Morgan fingerprint density at radius 1 is 1.05 bits per heavy atom. The van der Waals surface area contributed by atoms with Gasteiger partial charge in [-0.1, -0.05) is 42.5 Å². The van der Waals surface area contributed by atoms with Gasteiger partial charge in [-0.2, -0.15) is 10.1 Å². The van der Waals surface area contributed by atoms with Gasteiger partial charge in [-0.15, -0.1) is 0 Å². The first-order chi connectivity index (χ1) is 19.0. The minimum atomic E-state index is 0.0907. The van der Waals surface area contributed by atoms with Gasteiger partial charge < -0.3 is 21.2 Å². The van der Waals surface area contributed by atoms with Crippen LogP contribution < -0.4 is 16.8 Å². The van der Waals surface area contributed by atoms with Crippen LogP contribution in [0.5, 0.6) is 0 Å². The molecule has 0 fully saturated rings. The number of aryl methyl sites for hydroxylation is 1. The lowest BCUT2D eigenvalue weighted by Gasteiger charge is -2.13. The average molecular weight is 517 g/mol. The molecule has 192 valence electrons. The van der Waals surface area contributed by atoms with Gasteiger partial charge in [-0.05, 0) is 48.4 Å². The summed E-state index contributed by atoms with van der Waals surface area (Å²) in [5.74, 6) is 0.307. The number of carbonyl (C=O) groups excluding carboxylic acids is 1. The van der Waals surface area contributed by atoms with E-state index in [1.54, 1.807) is 4.68 Å². The van der Waals surface area contributed by atoms with Gasteiger partial charge in [-0.3, -0.25) is 4.79 Å². The number of hydrogen-bond acceptors (Lipinski definition) is 9. The van der Waals surface area contributed by atoms with Crippen LogP contribution in [0, 0.1) is 6.92 Å². The number of benzene rings is 3. The average Bonchev–Trinajstić information content (AvgIpc) is 3.49. The molecule has 0 saturated heterocycles. The molecule has 0 bridgehead atoms. The molecule has 0 unspecified atom stereocenters. The molecular formula is C29H24N8O2. The van der Waals surface area contributed by atoms with E-state index in [0.29, 0.717) is 45.8 Å². The van der Waals surface area contributed by atoms with Gasteiger partial charge in [-0.25, -0.2) is 14.6 Å². The van der Waals surface area contributed by atoms with Crippen LogP contribution in [0.4, 0.5) is 17.5 Å². The molecule has 0 aliphatic rings. The summed E-state index contributed by atoms with van der Waals surface area (Å²) in [6.45, 7) is 2.23. The number of anilines is 3. The number of nitrogens with two attached hydrogens (primary N) is 2. The molecule has 3 heterocycles. The lowest BCUT2D eigenvalue weighted by molar-refractivity contribution is 0.112. The summed E-state index contributed by atoms with van der Waals surface area (Å²) < 4.78 is 7.29. The number of nitrogens with zero attached hydrogens (tertiary/aromatic N) is 5. The fourth-order valence-electron chi connectivity index (χ4n) is 4.60. The molecule has 0 atom stereocenters. The van der Waals surface area contributed by atoms with Gasteiger partial charge >= 0.3 is 0 Å². The Bertz CT molecular complexity index is 1870. The standard InChI is InChI=1S/C29H24N8O2/c1-17-6-5-7-18(22(17)15-38)12-21(34-20-8-3-2-4-9-20)14-37-28-25(27(30)32-16-33-28)26(36-37)19-10-11-23-24(13-19)39-29(31)35-23/h2-13,15-16,34H,14H2,1H3,(H2,31,35)(H2,30,32,33)/b21-12-. The Hall–Kier alpha value is -5.51. The summed E-state index contributed by atoms with van der Waals surface area (Å²) in [6.07, 6.45) is 4.24. The molecule has 5 N–H and O–H groups in total. The van der Waals surface area contributed by atoms with Crippen LogP contribution in [0.15, 0.2) is 83.2 Å². The lowest BCUT2D eigenvalue weighted by Crippen LogP contribution is -2.11. The lowest BCUT2D eigenvalue weighted by atomic mass is 10.0. The summed E-state index contributed by atoms with van der Waals surface area (Å²) in [5.41, 5.74) is 19.2. The van der Waals surface area contributed by atoms with E-state index in [0.717, 1.165) is 34.4 Å². The van der Waals surface area contributed by atoms with Crippen LogP contribution in [0.25, 0.3) is 39.5 Å². The molecule has 0 amide bonds. The molecule has 6 rings (SSSR count). The van der Waals surface area contributed by atoms with E-state index in [2.05, 4.69) is 20.3 Å². The Morgan fingerprint density at radius 2 is 1.90 bits per heavy atom. The van der Waals surface area contributed by atoms with Crippen LogP contribution in [-0.2, 0) is 6.54 Å². The zero-order valence-corrected chi connectivity index (χ0v) is 21.0. The number of aldehydes is 1. The number of allylic oxidation sites excluding steroid dienone is 1. The first kappa shape index (κ1) is 23.9. The van der Waals surface area contributed by atoms with Gasteiger partial charge in [0.1, 0.15) is 23.4 Å². The van der Waals surface area contributed by atoms with E-state index in [1.807, 2.05) is 79.7 Å². The number of para-hydroxylation sites is 1. The summed E-state index contributed by atoms with van der Waals surface area (Å²) in [7, 11) is 0. The zero-order chi connectivity index (χ0) is 26.9. The molecule has 3 aromatic carbocycles. The highest BCUT2D eigenvalue weighted by atomic mass is 16.4. The highest BCUT2D eigenvalue weighted by Gasteiger charge is 2.19. The third kappa shape index (κ3) is 4.55. The first-order valence-electron chi connectivity index (χ1n) is 12.2. The minimum Gasteiger partial charge on any atom is -0.424 e. The Balaban J connectivity index is 1.49. The monoisotopic (exact) mass is 516 g/mol. The van der Waals surface area contributed by atoms with Crippen molar-refractivity contribution in [3.05, 3.63) is 95.4 Å². The molecule has 39 heavy (non-hydrogen) atoms. The van der Waals surface area contributed by atoms with Gasteiger partial charge in [0.15, 0.2) is 17.5 Å². The van der Waals surface area contributed by atoms with Crippen LogP contribution in [0.1, 0.15) is 21.5 Å². The number of carbonyl (C=O) groups is 1. The van der Waals surface area contributed by atoms with Gasteiger partial charge in [0.2, 0.25) is 0 Å². The molecule has 10 heteroatoms. The van der Waals surface area contributed by atoms with Crippen LogP contribution in [-0.4, -0.2) is 31.0 Å². The van der Waals surface area contributed by atoms with Crippen LogP contribution >= 0.6 is 0 Å². The Morgan fingerprint density at radius 3 is 2.72 bits per heavy atom. The first-order valence-corrected chi connectivity index (χ1v) is 12.2. The van der Waals surface area contributed by atoms with Crippen molar-refractivity contribution in [1.29, 1.82) is 0 Å². The van der Waals surface area contributed by atoms with E-state index < -0.39 is 0 Å². The van der Waals surface area contributed by atoms with Crippen molar-refractivity contribution >= 4 is 52.0 Å². The van der Waals surface area contributed by atoms with E-state index in [9.17, 15) is 4.79 Å². The maximum atomic E-state index is 11.9. The fraction of sp³-hybridized carbons (Fsp3) is 0.0690. The largest absolute Gasteiger partial charge is 0.424 e. The smallest absolute Gasteiger partial charge is 0.292 e. The molecule has 0 spiro atoms. The van der Waals surface area contributed by atoms with E-state index in [4.69, 9.17) is 21.0 Å². The van der Waals surface area contributed by atoms with E-state index >= 15 is 0 Å². The van der Waals surface area contributed by atoms with Gasteiger partial charge in [0.05, 0.1) is 11.9 Å². The summed E-state index contributed by atoms with van der Waals surface area (Å²) >= 11 is 0. The van der Waals surface area contributed by atoms with Crippen molar-refractivity contribution in [3.63, 3.8) is 0 Å². The van der Waals surface area contributed by atoms with Crippen molar-refractivity contribution < 1.29 is 9.21 Å². The second-order valence-corrected chi connectivity index (χ2v) is 9.05. The molecule has 10 nitrogen and oxygen atoms in total. The SMILES string of the molecule is Cc1cccc(/C=C(/Cn2nc(-c3ccc4nc(N)oc4c3)c3c(N)ncnc32)Nc2ccccc2)c1C=O.